The summed E-state index contributed by atoms with van der Waals surface area (Å²) < 4.78 is 69.9. The van der Waals surface area contributed by atoms with Crippen LogP contribution in [0.5, 0.6) is 0 Å². The van der Waals surface area contributed by atoms with Crippen molar-refractivity contribution < 1.29 is 40.8 Å². The predicted molar refractivity (Wildman–Crippen MR) is 59.5 cm³/mol. The Morgan fingerprint density at radius 3 is 2.55 bits per heavy atom. The Hall–Kier alpha value is -0.840. The van der Waals surface area contributed by atoms with Crippen LogP contribution in [0.25, 0.3) is 0 Å². The fourth-order valence-electron chi connectivity index (χ4n) is 2.23. The van der Waals surface area contributed by atoms with Crippen LogP contribution in [0.1, 0.15) is 25.7 Å². The lowest BCUT2D eigenvalue weighted by Gasteiger charge is -2.22. The predicted octanol–water partition coefficient (Wildman–Crippen LogP) is 0.696. The lowest BCUT2D eigenvalue weighted by molar-refractivity contribution is -0.178. The van der Waals surface area contributed by atoms with Crippen LogP contribution in [0.3, 0.4) is 0 Å². The van der Waals surface area contributed by atoms with Crippen molar-refractivity contribution in [2.75, 3.05) is 13.2 Å². The first-order chi connectivity index (χ1) is 9.16. The number of ether oxygens (including phenoxy) is 3. The van der Waals surface area contributed by atoms with Gasteiger partial charge in [0.1, 0.15) is 12.7 Å². The van der Waals surface area contributed by atoms with Crippen molar-refractivity contribution in [2.24, 2.45) is 0 Å². The summed E-state index contributed by atoms with van der Waals surface area (Å²) >= 11 is 0. The Labute approximate surface area is 113 Å². The van der Waals surface area contributed by atoms with Gasteiger partial charge in [-0.15, -0.1) is 0 Å². The van der Waals surface area contributed by atoms with Crippen LogP contribution in [0.2, 0.25) is 0 Å². The normalized spacial score (nSPS) is 26.1. The molecule has 1 unspecified atom stereocenters. The maximum absolute atomic E-state index is 12.9. The van der Waals surface area contributed by atoms with E-state index in [1.54, 1.807) is 0 Å². The molecule has 10 heteroatoms. The molecular formula is C10H14F2O7S. The van der Waals surface area contributed by atoms with Gasteiger partial charge in [0, 0.05) is 12.8 Å². The van der Waals surface area contributed by atoms with Crippen LogP contribution in [-0.4, -0.2) is 49.3 Å². The molecule has 1 saturated carbocycles. The van der Waals surface area contributed by atoms with Crippen molar-refractivity contribution in [3.8, 4) is 0 Å². The van der Waals surface area contributed by atoms with Crippen molar-refractivity contribution in [1.29, 1.82) is 0 Å². The number of alkyl halides is 2. The molecule has 0 radical (unpaired) electrons. The van der Waals surface area contributed by atoms with Gasteiger partial charge in [-0.1, -0.05) is 0 Å². The van der Waals surface area contributed by atoms with Crippen LogP contribution in [0, 0.1) is 0 Å². The summed E-state index contributed by atoms with van der Waals surface area (Å²) in [6.07, 6.45) is 2.48. The molecule has 2 aliphatic rings. The lowest BCUT2D eigenvalue weighted by Crippen LogP contribution is -2.40. The Morgan fingerprint density at radius 2 is 2.00 bits per heavy atom. The second-order valence-electron chi connectivity index (χ2n) is 4.76. The van der Waals surface area contributed by atoms with Gasteiger partial charge in [0.05, 0.1) is 6.61 Å². The Morgan fingerprint density at radius 1 is 1.40 bits per heavy atom. The number of esters is 1. The minimum absolute atomic E-state index is 0.0741. The van der Waals surface area contributed by atoms with E-state index in [-0.39, 0.29) is 6.61 Å². The van der Waals surface area contributed by atoms with E-state index >= 15 is 0 Å². The van der Waals surface area contributed by atoms with Gasteiger partial charge in [-0.05, 0) is 12.8 Å². The number of carbonyl (C=O) groups excluding carboxylic acids is 1. The number of halogens is 2. The average molecular weight is 316 g/mol. The zero-order valence-corrected chi connectivity index (χ0v) is 11.2. The highest BCUT2D eigenvalue weighted by molar-refractivity contribution is 7.87. The Kier molecular flexibility index (Phi) is 4.02. The molecule has 2 rings (SSSR count). The molecule has 7 nitrogen and oxygen atoms in total. The van der Waals surface area contributed by atoms with Gasteiger partial charge in [-0.3, -0.25) is 4.55 Å². The zero-order chi connectivity index (χ0) is 15.0. The minimum Gasteiger partial charge on any atom is -0.457 e. The topological polar surface area (TPSA) is 99.1 Å². The van der Waals surface area contributed by atoms with E-state index in [9.17, 15) is 22.0 Å². The first-order valence-electron chi connectivity index (χ1n) is 6.00. The number of carbonyl (C=O) groups is 1. The van der Waals surface area contributed by atoms with E-state index in [4.69, 9.17) is 14.0 Å². The van der Waals surface area contributed by atoms with Crippen molar-refractivity contribution in [2.45, 2.75) is 42.8 Å². The third-order valence-electron chi connectivity index (χ3n) is 3.24. The molecule has 0 amide bonds. The van der Waals surface area contributed by atoms with Crippen molar-refractivity contribution in [3.05, 3.63) is 0 Å². The summed E-state index contributed by atoms with van der Waals surface area (Å²) in [6.45, 7) is -0.490. The standard InChI is InChI=1S/C10H14F2O7S/c11-10(12,20(14,15)16)8(13)17-5-7-6-18-9(19-7)3-1-2-4-9/h7H,1-6H2,(H,14,15,16). The third-order valence-corrected chi connectivity index (χ3v) is 4.06. The summed E-state index contributed by atoms with van der Waals surface area (Å²) in [5, 5.41) is -4.99. The largest absolute Gasteiger partial charge is 0.465 e. The molecule has 1 N–H and O–H groups in total. The molecule has 1 spiro atoms. The first kappa shape index (κ1) is 15.5. The molecule has 1 atom stereocenters. The van der Waals surface area contributed by atoms with Gasteiger partial charge in [0.15, 0.2) is 5.79 Å². The number of hydrogen-bond donors (Lipinski definition) is 1. The molecule has 0 aromatic heterocycles. The maximum atomic E-state index is 12.9. The molecule has 1 heterocycles. The van der Waals surface area contributed by atoms with E-state index in [1.165, 1.54) is 0 Å². The average Bonchev–Trinajstić information content (AvgIpc) is 2.96. The van der Waals surface area contributed by atoms with E-state index in [0.717, 1.165) is 12.8 Å². The van der Waals surface area contributed by atoms with E-state index in [2.05, 4.69) is 4.74 Å². The minimum atomic E-state index is -5.85. The number of rotatable bonds is 4. The van der Waals surface area contributed by atoms with Gasteiger partial charge < -0.3 is 14.2 Å². The Balaban J connectivity index is 1.86. The van der Waals surface area contributed by atoms with Gasteiger partial charge >= 0.3 is 21.3 Å². The Bertz CT molecular complexity index is 484. The molecule has 1 aliphatic heterocycles. The SMILES string of the molecule is O=C(OCC1COC2(CCCC2)O1)C(F)(F)S(=O)(=O)O. The molecule has 1 saturated heterocycles. The third kappa shape index (κ3) is 2.92. The lowest BCUT2D eigenvalue weighted by atomic mass is 10.2. The van der Waals surface area contributed by atoms with Crippen molar-refractivity contribution in [1.82, 2.24) is 0 Å². The van der Waals surface area contributed by atoms with Crippen LogP contribution < -0.4 is 0 Å². The molecule has 2 fully saturated rings. The summed E-state index contributed by atoms with van der Waals surface area (Å²) in [6, 6.07) is 0. The monoisotopic (exact) mass is 316 g/mol. The summed E-state index contributed by atoms with van der Waals surface area (Å²) in [5.41, 5.74) is 0. The quantitative estimate of drug-likeness (QED) is 0.602. The molecular weight excluding hydrogens is 302 g/mol. The second-order valence-corrected chi connectivity index (χ2v) is 6.22. The van der Waals surface area contributed by atoms with Crippen LogP contribution in [-0.2, 0) is 29.1 Å². The van der Waals surface area contributed by atoms with Crippen molar-refractivity contribution in [3.63, 3.8) is 0 Å². The van der Waals surface area contributed by atoms with Gasteiger partial charge in [0.2, 0.25) is 0 Å². The van der Waals surface area contributed by atoms with Gasteiger partial charge in [0.25, 0.3) is 0 Å². The highest BCUT2D eigenvalue weighted by Crippen LogP contribution is 2.39. The summed E-state index contributed by atoms with van der Waals surface area (Å²) in [5.74, 6) is -3.07. The van der Waals surface area contributed by atoms with E-state index < -0.39 is 39.8 Å². The van der Waals surface area contributed by atoms with Gasteiger partial charge in [-0.25, -0.2) is 4.79 Å². The molecule has 0 aromatic carbocycles. The summed E-state index contributed by atoms with van der Waals surface area (Å²) in [7, 11) is -5.85. The number of hydrogen-bond acceptors (Lipinski definition) is 6. The van der Waals surface area contributed by atoms with Crippen LogP contribution in [0.15, 0.2) is 0 Å². The molecule has 20 heavy (non-hydrogen) atoms. The molecule has 0 aromatic rings. The first-order valence-corrected chi connectivity index (χ1v) is 7.44. The smallest absolute Gasteiger partial charge is 0.457 e. The highest BCUT2D eigenvalue weighted by atomic mass is 32.2. The van der Waals surface area contributed by atoms with E-state index in [1.807, 2.05) is 0 Å². The van der Waals surface area contributed by atoms with Crippen LogP contribution >= 0.6 is 0 Å². The second kappa shape index (κ2) is 5.17. The molecule has 0 bridgehead atoms. The fraction of sp³-hybridized carbons (Fsp3) is 0.900. The summed E-state index contributed by atoms with van der Waals surface area (Å²) in [4.78, 5) is 11.0. The zero-order valence-electron chi connectivity index (χ0n) is 10.4. The maximum Gasteiger partial charge on any atom is 0.465 e. The highest BCUT2D eigenvalue weighted by Gasteiger charge is 2.54. The van der Waals surface area contributed by atoms with Crippen LogP contribution in [0.4, 0.5) is 8.78 Å². The molecule has 1 aliphatic carbocycles. The van der Waals surface area contributed by atoms with E-state index in [0.29, 0.717) is 12.8 Å². The van der Waals surface area contributed by atoms with Crippen molar-refractivity contribution >= 4 is 16.1 Å². The van der Waals surface area contributed by atoms with Gasteiger partial charge in [-0.2, -0.15) is 17.2 Å². The fourth-order valence-corrected chi connectivity index (χ4v) is 2.50. The molecule has 116 valence electrons.